The van der Waals surface area contributed by atoms with E-state index in [0.717, 1.165) is 11.0 Å². The van der Waals surface area contributed by atoms with Gasteiger partial charge in [-0.15, -0.1) is 0 Å². The molecule has 0 bridgehead atoms. The minimum atomic E-state index is 0.817. The first-order valence-corrected chi connectivity index (χ1v) is 4.24. The van der Waals surface area contributed by atoms with Crippen molar-refractivity contribution in [1.82, 2.24) is 0 Å². The Hall–Kier alpha value is 0.700. The van der Waals surface area contributed by atoms with Crippen LogP contribution < -0.4 is 0 Å². The quantitative estimate of drug-likeness (QED) is 0.459. The van der Waals surface area contributed by atoms with Gasteiger partial charge in [0.1, 0.15) is 0 Å². The van der Waals surface area contributed by atoms with Gasteiger partial charge in [0.2, 0.25) is 0 Å². The molecule has 0 N–H and O–H groups in total. The Kier molecular flexibility index (Phi) is 5.33. The molecule has 0 rings (SSSR count). The van der Waals surface area contributed by atoms with Crippen molar-refractivity contribution in [2.75, 3.05) is 10.8 Å². The molecule has 7 heavy (non-hydrogen) atoms. The summed E-state index contributed by atoms with van der Waals surface area (Å²) in [6.07, 6.45) is 0. The topological polar surface area (TPSA) is 0 Å². The lowest BCUT2D eigenvalue weighted by Gasteiger charge is -1.98. The Morgan fingerprint density at radius 2 is 2.14 bits per heavy atom. The molecule has 0 aliphatic heterocycles. The Balaban J connectivity index is 2.68. The van der Waals surface area contributed by atoms with Gasteiger partial charge in [-0.3, -0.25) is 0 Å². The van der Waals surface area contributed by atoms with Crippen LogP contribution in [0, 0.1) is 5.92 Å². The third-order valence-electron chi connectivity index (χ3n) is 0.542. The fraction of sp³-hybridized carbons (Fsp3) is 1.00. The van der Waals surface area contributed by atoms with Crippen molar-refractivity contribution in [2.24, 2.45) is 5.92 Å². The summed E-state index contributed by atoms with van der Waals surface area (Å²) in [4.78, 5) is 0. The smallest absolute Gasteiger partial charge is 0.0361 e. The Morgan fingerprint density at radius 1 is 1.57 bits per heavy atom. The summed E-state index contributed by atoms with van der Waals surface area (Å²) in [5.41, 5.74) is 0. The average Bonchev–Trinajstić information content (AvgIpc) is 1.61. The Bertz CT molecular complexity index is 35.1. The van der Waals surface area contributed by atoms with E-state index in [1.807, 2.05) is 11.8 Å². The molecule has 0 saturated carbocycles. The molecular formula is C5H12S2. The van der Waals surface area contributed by atoms with Gasteiger partial charge in [-0.2, -0.15) is 24.4 Å². The first-order chi connectivity index (χ1) is 3.27. The Morgan fingerprint density at radius 3 is 2.29 bits per heavy atom. The molecule has 2 heteroatoms. The molecule has 0 aliphatic carbocycles. The van der Waals surface area contributed by atoms with E-state index >= 15 is 0 Å². The van der Waals surface area contributed by atoms with Crippen LogP contribution in [0.4, 0.5) is 0 Å². The number of rotatable bonds is 3. The van der Waals surface area contributed by atoms with Gasteiger partial charge in [0.15, 0.2) is 0 Å². The summed E-state index contributed by atoms with van der Waals surface area (Å²) in [5.74, 6) is 2.06. The molecule has 0 spiro atoms. The van der Waals surface area contributed by atoms with Crippen LogP contribution >= 0.6 is 24.4 Å². The van der Waals surface area contributed by atoms with Gasteiger partial charge in [0.25, 0.3) is 0 Å². The molecule has 0 radical (unpaired) electrons. The van der Waals surface area contributed by atoms with Crippen molar-refractivity contribution >= 4 is 24.4 Å². The molecule has 0 atom stereocenters. The third kappa shape index (κ3) is 6.70. The van der Waals surface area contributed by atoms with Gasteiger partial charge in [0, 0.05) is 5.08 Å². The van der Waals surface area contributed by atoms with Crippen molar-refractivity contribution in [3.8, 4) is 0 Å². The zero-order chi connectivity index (χ0) is 5.70. The molecule has 0 aromatic rings. The van der Waals surface area contributed by atoms with Crippen LogP contribution in [0.3, 0.4) is 0 Å². The van der Waals surface area contributed by atoms with Crippen molar-refractivity contribution in [2.45, 2.75) is 13.8 Å². The van der Waals surface area contributed by atoms with E-state index in [1.54, 1.807) is 0 Å². The van der Waals surface area contributed by atoms with Gasteiger partial charge < -0.3 is 0 Å². The lowest BCUT2D eigenvalue weighted by atomic mass is 10.3. The average molecular weight is 136 g/mol. The van der Waals surface area contributed by atoms with Gasteiger partial charge in [0.05, 0.1) is 0 Å². The van der Waals surface area contributed by atoms with E-state index in [-0.39, 0.29) is 0 Å². The minimum absolute atomic E-state index is 0.817. The maximum atomic E-state index is 4.06. The highest BCUT2D eigenvalue weighted by molar-refractivity contribution is 8.09. The minimum Gasteiger partial charge on any atom is -0.168 e. The predicted octanol–water partition coefficient (Wildman–Crippen LogP) is 2.26. The Labute approximate surface area is 55.5 Å². The fourth-order valence-electron chi connectivity index (χ4n) is 0.288. The van der Waals surface area contributed by atoms with Crippen LogP contribution in [-0.2, 0) is 0 Å². The first-order valence-electron chi connectivity index (χ1n) is 2.46. The molecule has 0 aromatic carbocycles. The number of thiol groups is 1. The lowest BCUT2D eigenvalue weighted by molar-refractivity contribution is 0.751. The fourth-order valence-corrected chi connectivity index (χ4v) is 1.18. The highest BCUT2D eigenvalue weighted by Crippen LogP contribution is 2.07. The monoisotopic (exact) mass is 136 g/mol. The standard InChI is InChI=1S/C5H12S2/c1-5(2)3-7-4-6/h5-6H,3-4H2,1-2H3. The van der Waals surface area contributed by atoms with Crippen molar-refractivity contribution in [1.29, 1.82) is 0 Å². The molecule has 0 aromatic heterocycles. The zero-order valence-corrected chi connectivity index (χ0v) is 6.56. The second-order valence-electron chi connectivity index (χ2n) is 1.89. The number of hydrogen-bond donors (Lipinski definition) is 1. The zero-order valence-electron chi connectivity index (χ0n) is 4.85. The summed E-state index contributed by atoms with van der Waals surface area (Å²) in [5, 5.41) is 0.957. The van der Waals surface area contributed by atoms with E-state index in [9.17, 15) is 0 Å². The van der Waals surface area contributed by atoms with Crippen molar-refractivity contribution in [3.05, 3.63) is 0 Å². The van der Waals surface area contributed by atoms with Crippen LogP contribution in [0.2, 0.25) is 0 Å². The summed E-state index contributed by atoms with van der Waals surface area (Å²) >= 11 is 5.94. The van der Waals surface area contributed by atoms with E-state index in [0.29, 0.717) is 0 Å². The van der Waals surface area contributed by atoms with E-state index in [2.05, 4.69) is 26.5 Å². The molecule has 0 amide bonds. The van der Waals surface area contributed by atoms with Crippen molar-refractivity contribution < 1.29 is 0 Å². The van der Waals surface area contributed by atoms with Crippen LogP contribution in [-0.4, -0.2) is 10.8 Å². The molecule has 0 aliphatic rings. The summed E-state index contributed by atoms with van der Waals surface area (Å²) in [7, 11) is 0. The molecular weight excluding hydrogens is 124 g/mol. The number of hydrogen-bond acceptors (Lipinski definition) is 2. The molecule has 0 unspecified atom stereocenters. The maximum absolute atomic E-state index is 4.06. The van der Waals surface area contributed by atoms with Crippen LogP contribution in [0.5, 0.6) is 0 Å². The maximum Gasteiger partial charge on any atom is 0.0361 e. The first kappa shape index (κ1) is 7.70. The highest BCUT2D eigenvalue weighted by atomic mass is 32.2. The second-order valence-corrected chi connectivity index (χ2v) is 3.67. The normalized spacial score (nSPS) is 10.3. The van der Waals surface area contributed by atoms with Gasteiger partial charge >= 0.3 is 0 Å². The van der Waals surface area contributed by atoms with Crippen LogP contribution in [0.25, 0.3) is 0 Å². The summed E-state index contributed by atoms with van der Waals surface area (Å²) in [6.45, 7) is 4.44. The van der Waals surface area contributed by atoms with Gasteiger partial charge in [-0.25, -0.2) is 0 Å². The molecule has 0 heterocycles. The molecule has 0 fully saturated rings. The van der Waals surface area contributed by atoms with E-state index in [1.165, 1.54) is 5.75 Å². The largest absolute Gasteiger partial charge is 0.168 e. The predicted molar refractivity (Wildman–Crippen MR) is 41.1 cm³/mol. The summed E-state index contributed by atoms with van der Waals surface area (Å²) in [6, 6.07) is 0. The van der Waals surface area contributed by atoms with Crippen molar-refractivity contribution in [3.63, 3.8) is 0 Å². The molecule has 0 saturated heterocycles. The van der Waals surface area contributed by atoms with Crippen LogP contribution in [0.1, 0.15) is 13.8 Å². The van der Waals surface area contributed by atoms with E-state index in [4.69, 9.17) is 0 Å². The van der Waals surface area contributed by atoms with Gasteiger partial charge in [-0.05, 0) is 11.7 Å². The SMILES string of the molecule is CC(C)CSCS. The second kappa shape index (κ2) is 4.85. The van der Waals surface area contributed by atoms with Gasteiger partial charge in [-0.1, -0.05) is 13.8 Å². The molecule has 0 nitrogen and oxygen atoms in total. The third-order valence-corrected chi connectivity index (χ3v) is 2.18. The number of thioether (sulfide) groups is 1. The van der Waals surface area contributed by atoms with E-state index < -0.39 is 0 Å². The summed E-state index contributed by atoms with van der Waals surface area (Å²) < 4.78 is 0. The molecule has 44 valence electrons. The van der Waals surface area contributed by atoms with Crippen LogP contribution in [0.15, 0.2) is 0 Å². The highest BCUT2D eigenvalue weighted by Gasteiger charge is 1.89. The lowest BCUT2D eigenvalue weighted by Crippen LogP contribution is -1.88.